The van der Waals surface area contributed by atoms with Gasteiger partial charge in [0.15, 0.2) is 5.58 Å². The summed E-state index contributed by atoms with van der Waals surface area (Å²) in [5, 5.41) is 6.35. The average molecular weight is 678 g/mol. The van der Waals surface area contributed by atoms with Gasteiger partial charge in [-0.1, -0.05) is 84.9 Å². The Morgan fingerprint density at radius 1 is 0.415 bits per heavy atom. The van der Waals surface area contributed by atoms with Gasteiger partial charge in [-0.2, -0.15) is 0 Å². The van der Waals surface area contributed by atoms with E-state index in [1.54, 1.807) is 0 Å². The molecule has 0 amide bonds. The summed E-state index contributed by atoms with van der Waals surface area (Å²) in [6.45, 7) is 0. The Hall–Kier alpha value is -7.31. The highest BCUT2D eigenvalue weighted by atomic mass is 16.3. The SMILES string of the molecule is c1ccc(-c2nc3c(ccc4c(-c5ccc(-c6ccc7cc(-c8cc9cccnc9c9ncccc89)ccc7n6)cc5)nc5ccccc5c43)o2)cc1. The summed E-state index contributed by atoms with van der Waals surface area (Å²) in [7, 11) is 0. The molecule has 0 bridgehead atoms. The van der Waals surface area contributed by atoms with Crippen molar-refractivity contribution >= 4 is 65.5 Å². The maximum absolute atomic E-state index is 6.27. The van der Waals surface area contributed by atoms with E-state index < -0.39 is 0 Å². The molecule has 0 radical (unpaired) electrons. The Bertz CT molecular complexity index is 3230. The van der Waals surface area contributed by atoms with E-state index in [1.807, 2.05) is 73.1 Å². The van der Waals surface area contributed by atoms with Gasteiger partial charge in [-0.3, -0.25) is 9.97 Å². The Morgan fingerprint density at radius 2 is 1.19 bits per heavy atom. The van der Waals surface area contributed by atoms with Crippen LogP contribution in [0.15, 0.2) is 168 Å². The van der Waals surface area contributed by atoms with Crippen molar-refractivity contribution in [3.05, 3.63) is 164 Å². The predicted octanol–water partition coefficient (Wildman–Crippen LogP) is 11.8. The van der Waals surface area contributed by atoms with Gasteiger partial charge in [0, 0.05) is 61.4 Å². The lowest BCUT2D eigenvalue weighted by Crippen LogP contribution is -1.91. The molecule has 11 rings (SSSR count). The van der Waals surface area contributed by atoms with Crippen molar-refractivity contribution < 1.29 is 4.42 Å². The van der Waals surface area contributed by atoms with Gasteiger partial charge < -0.3 is 4.42 Å². The fourth-order valence-electron chi connectivity index (χ4n) is 7.62. The van der Waals surface area contributed by atoms with Crippen molar-refractivity contribution in [3.8, 4) is 45.1 Å². The van der Waals surface area contributed by atoms with E-state index in [1.165, 1.54) is 0 Å². The molecule has 6 heteroatoms. The first-order valence-corrected chi connectivity index (χ1v) is 17.6. The number of para-hydroxylation sites is 1. The van der Waals surface area contributed by atoms with Gasteiger partial charge in [-0.25, -0.2) is 15.0 Å². The fourth-order valence-corrected chi connectivity index (χ4v) is 7.62. The molecule has 11 aromatic rings. The summed E-state index contributed by atoms with van der Waals surface area (Å²) in [4.78, 5) is 24.6. The molecular weight excluding hydrogens is 651 g/mol. The van der Waals surface area contributed by atoms with Crippen LogP contribution >= 0.6 is 0 Å². The summed E-state index contributed by atoms with van der Waals surface area (Å²) in [6, 6.07) is 52.0. The van der Waals surface area contributed by atoms with E-state index in [4.69, 9.17) is 24.4 Å². The van der Waals surface area contributed by atoms with Crippen molar-refractivity contribution in [1.82, 2.24) is 24.9 Å². The molecule has 0 unspecified atom stereocenters. The normalized spacial score (nSPS) is 11.8. The highest BCUT2D eigenvalue weighted by Crippen LogP contribution is 2.39. The third-order valence-electron chi connectivity index (χ3n) is 10.2. The maximum atomic E-state index is 6.27. The van der Waals surface area contributed by atoms with Gasteiger partial charge in [-0.05, 0) is 77.9 Å². The molecule has 0 saturated carbocycles. The zero-order valence-corrected chi connectivity index (χ0v) is 28.2. The van der Waals surface area contributed by atoms with E-state index in [2.05, 4.69) is 96.0 Å². The zero-order chi connectivity index (χ0) is 34.9. The van der Waals surface area contributed by atoms with Crippen molar-refractivity contribution in [3.63, 3.8) is 0 Å². The predicted molar refractivity (Wildman–Crippen MR) is 214 cm³/mol. The number of benzene rings is 6. The van der Waals surface area contributed by atoms with Crippen LogP contribution < -0.4 is 0 Å². The molecule has 0 aliphatic heterocycles. The van der Waals surface area contributed by atoms with Gasteiger partial charge in [0.05, 0.1) is 33.5 Å². The zero-order valence-electron chi connectivity index (χ0n) is 28.2. The minimum atomic E-state index is 0.607. The Balaban J connectivity index is 0.977. The number of fused-ring (bicyclic) bond motifs is 9. The van der Waals surface area contributed by atoms with E-state index in [9.17, 15) is 0 Å². The minimum absolute atomic E-state index is 0.607. The number of oxazole rings is 1. The molecule has 0 saturated heterocycles. The van der Waals surface area contributed by atoms with Crippen LogP contribution in [0.3, 0.4) is 0 Å². The number of pyridine rings is 4. The fraction of sp³-hybridized carbons (Fsp3) is 0. The van der Waals surface area contributed by atoms with E-state index in [-0.39, 0.29) is 0 Å². The van der Waals surface area contributed by atoms with Crippen LogP contribution in [0.25, 0.3) is 111 Å². The molecule has 0 fully saturated rings. The van der Waals surface area contributed by atoms with Crippen LogP contribution in [0.1, 0.15) is 0 Å². The average Bonchev–Trinajstić information content (AvgIpc) is 3.68. The highest BCUT2D eigenvalue weighted by Gasteiger charge is 2.18. The van der Waals surface area contributed by atoms with Gasteiger partial charge in [-0.15, -0.1) is 0 Å². The molecular formula is C47H27N5O. The van der Waals surface area contributed by atoms with Crippen molar-refractivity contribution in [1.29, 1.82) is 0 Å². The van der Waals surface area contributed by atoms with E-state index in [0.717, 1.165) is 105 Å². The summed E-state index contributed by atoms with van der Waals surface area (Å²) < 4.78 is 6.27. The number of nitrogens with zero attached hydrogens (tertiary/aromatic N) is 5. The van der Waals surface area contributed by atoms with Crippen LogP contribution in [0, 0.1) is 0 Å². The highest BCUT2D eigenvalue weighted by molar-refractivity contribution is 6.20. The lowest BCUT2D eigenvalue weighted by Gasteiger charge is -2.12. The quantitative estimate of drug-likeness (QED) is 0.173. The van der Waals surface area contributed by atoms with Crippen molar-refractivity contribution in [2.24, 2.45) is 0 Å². The molecule has 0 atom stereocenters. The van der Waals surface area contributed by atoms with Gasteiger partial charge in [0.2, 0.25) is 5.89 Å². The van der Waals surface area contributed by atoms with Crippen molar-refractivity contribution in [2.75, 3.05) is 0 Å². The molecule has 0 spiro atoms. The largest absolute Gasteiger partial charge is 0.436 e. The molecule has 5 heterocycles. The number of hydrogen-bond donors (Lipinski definition) is 0. The number of rotatable bonds is 4. The van der Waals surface area contributed by atoms with Crippen LogP contribution in [-0.2, 0) is 0 Å². The van der Waals surface area contributed by atoms with Crippen LogP contribution in [0.5, 0.6) is 0 Å². The first-order chi connectivity index (χ1) is 26.2. The Labute approximate surface area is 303 Å². The molecule has 246 valence electrons. The van der Waals surface area contributed by atoms with Crippen LogP contribution in [-0.4, -0.2) is 24.9 Å². The third-order valence-corrected chi connectivity index (χ3v) is 10.2. The van der Waals surface area contributed by atoms with Crippen LogP contribution in [0.4, 0.5) is 0 Å². The Kier molecular flexibility index (Phi) is 6.45. The Morgan fingerprint density at radius 3 is 2.09 bits per heavy atom. The van der Waals surface area contributed by atoms with E-state index in [0.29, 0.717) is 5.89 Å². The number of aromatic nitrogens is 5. The van der Waals surface area contributed by atoms with Crippen molar-refractivity contribution in [2.45, 2.75) is 0 Å². The third kappa shape index (κ3) is 4.77. The summed E-state index contributed by atoms with van der Waals surface area (Å²) in [5.74, 6) is 0.607. The standard InChI is InChI=1S/C47H27N5O/c1-2-8-30(9-3-1)47-52-46-41(53-47)23-20-36-42(46)35-11-4-5-13-40(35)51-43(36)29-16-14-28(15-17-29)38-22-19-32-26-31(18-21-39(32)50-38)37-27-33-10-6-24-48-44(33)45-34(37)12-7-25-49-45/h1-27H. The topological polar surface area (TPSA) is 77.6 Å². The molecule has 6 aromatic carbocycles. The summed E-state index contributed by atoms with van der Waals surface area (Å²) in [6.07, 6.45) is 3.65. The molecule has 6 nitrogen and oxygen atoms in total. The number of hydrogen-bond acceptors (Lipinski definition) is 6. The smallest absolute Gasteiger partial charge is 0.227 e. The lowest BCUT2D eigenvalue weighted by molar-refractivity contribution is 0.620. The van der Waals surface area contributed by atoms with Gasteiger partial charge in [0.1, 0.15) is 5.52 Å². The molecule has 0 N–H and O–H groups in total. The first-order valence-electron chi connectivity index (χ1n) is 17.6. The first kappa shape index (κ1) is 29.4. The molecule has 53 heavy (non-hydrogen) atoms. The summed E-state index contributed by atoms with van der Waals surface area (Å²) >= 11 is 0. The molecule has 5 aromatic heterocycles. The van der Waals surface area contributed by atoms with E-state index >= 15 is 0 Å². The second-order valence-electron chi connectivity index (χ2n) is 13.3. The second kappa shape index (κ2) is 11.6. The lowest BCUT2D eigenvalue weighted by atomic mass is 9.96. The van der Waals surface area contributed by atoms with Crippen LogP contribution in [0.2, 0.25) is 0 Å². The van der Waals surface area contributed by atoms with Gasteiger partial charge in [0.25, 0.3) is 0 Å². The molecule has 0 aliphatic rings. The minimum Gasteiger partial charge on any atom is -0.436 e. The summed E-state index contributed by atoms with van der Waals surface area (Å²) in [5.41, 5.74) is 12.3. The molecule has 0 aliphatic carbocycles. The van der Waals surface area contributed by atoms with Gasteiger partial charge >= 0.3 is 0 Å². The monoisotopic (exact) mass is 677 g/mol. The second-order valence-corrected chi connectivity index (χ2v) is 13.3. The maximum Gasteiger partial charge on any atom is 0.227 e.